The number of imide groups is 1. The van der Waals surface area contributed by atoms with E-state index < -0.39 is 12.0 Å². The maximum atomic E-state index is 12.7. The fourth-order valence-corrected chi connectivity index (χ4v) is 3.15. The van der Waals surface area contributed by atoms with E-state index in [1.165, 1.54) is 7.11 Å². The number of urea groups is 1. The van der Waals surface area contributed by atoms with Crippen LogP contribution in [0.1, 0.15) is 30.1 Å². The molecular weight excluding hydrogens is 284 g/mol. The molecule has 2 aliphatic heterocycles. The molecule has 1 aromatic carbocycles. The molecule has 2 fully saturated rings. The number of benzene rings is 1. The van der Waals surface area contributed by atoms with Gasteiger partial charge in [0.05, 0.1) is 18.4 Å². The number of ether oxygens (including phenoxy) is 1. The van der Waals surface area contributed by atoms with E-state index in [0.717, 1.165) is 11.3 Å². The van der Waals surface area contributed by atoms with Crippen molar-refractivity contribution in [3.63, 3.8) is 0 Å². The lowest BCUT2D eigenvalue weighted by Crippen LogP contribution is -2.41. The van der Waals surface area contributed by atoms with Crippen molar-refractivity contribution in [3.8, 4) is 0 Å². The lowest BCUT2D eigenvalue weighted by Gasteiger charge is -2.30. The summed E-state index contributed by atoms with van der Waals surface area (Å²) in [6.07, 6.45) is 1.56. The van der Waals surface area contributed by atoms with Crippen molar-refractivity contribution >= 4 is 23.6 Å². The number of rotatable bonds is 2. The van der Waals surface area contributed by atoms with Crippen molar-refractivity contribution in [1.29, 1.82) is 0 Å². The standard InChI is InChI=1S/C16H18N2O4/c1-10-7-8-17-13(9-10)14(19)18(16(17)21)12-6-4-3-5-11(12)15(20)22-2/h3-6,10,13H,7-9H2,1-2H3/t10-,13+/m0/s1. The highest BCUT2D eigenvalue weighted by atomic mass is 16.5. The lowest BCUT2D eigenvalue weighted by molar-refractivity contribution is -0.120. The maximum absolute atomic E-state index is 12.7. The number of hydrogen-bond acceptors (Lipinski definition) is 4. The van der Waals surface area contributed by atoms with E-state index in [4.69, 9.17) is 4.74 Å². The van der Waals surface area contributed by atoms with E-state index >= 15 is 0 Å². The normalized spacial score (nSPS) is 24.5. The molecule has 2 heterocycles. The molecule has 0 bridgehead atoms. The van der Waals surface area contributed by atoms with Crippen LogP contribution in [0.25, 0.3) is 0 Å². The summed E-state index contributed by atoms with van der Waals surface area (Å²) < 4.78 is 4.74. The molecule has 3 amide bonds. The predicted molar refractivity (Wildman–Crippen MR) is 79.6 cm³/mol. The minimum atomic E-state index is -0.561. The summed E-state index contributed by atoms with van der Waals surface area (Å²) in [7, 11) is 1.28. The van der Waals surface area contributed by atoms with Gasteiger partial charge >= 0.3 is 12.0 Å². The molecule has 0 aromatic heterocycles. The van der Waals surface area contributed by atoms with Gasteiger partial charge in [-0.15, -0.1) is 0 Å². The van der Waals surface area contributed by atoms with Gasteiger partial charge in [-0.25, -0.2) is 14.5 Å². The van der Waals surface area contributed by atoms with Crippen LogP contribution in [0.3, 0.4) is 0 Å². The Balaban J connectivity index is 2.01. The van der Waals surface area contributed by atoms with Gasteiger partial charge in [0.25, 0.3) is 5.91 Å². The van der Waals surface area contributed by atoms with Crippen LogP contribution >= 0.6 is 0 Å². The van der Waals surface area contributed by atoms with Gasteiger partial charge in [0.15, 0.2) is 0 Å². The average Bonchev–Trinajstić information content (AvgIpc) is 2.77. The number of esters is 1. The van der Waals surface area contributed by atoms with Crippen molar-refractivity contribution in [1.82, 2.24) is 4.90 Å². The van der Waals surface area contributed by atoms with E-state index in [1.54, 1.807) is 29.2 Å². The quantitative estimate of drug-likeness (QED) is 0.619. The highest BCUT2D eigenvalue weighted by molar-refractivity contribution is 6.23. The minimum absolute atomic E-state index is 0.222. The molecule has 0 radical (unpaired) electrons. The number of carbonyl (C=O) groups is 3. The topological polar surface area (TPSA) is 66.9 Å². The zero-order valence-corrected chi connectivity index (χ0v) is 12.6. The van der Waals surface area contributed by atoms with Gasteiger partial charge in [0.1, 0.15) is 6.04 Å². The number of fused-ring (bicyclic) bond motifs is 1. The Kier molecular flexibility index (Phi) is 3.60. The molecule has 2 atom stereocenters. The van der Waals surface area contributed by atoms with Crippen LogP contribution in [-0.2, 0) is 9.53 Å². The fraction of sp³-hybridized carbons (Fsp3) is 0.438. The Morgan fingerprint density at radius 1 is 1.27 bits per heavy atom. The van der Waals surface area contributed by atoms with Gasteiger partial charge in [0, 0.05) is 6.54 Å². The summed E-state index contributed by atoms with van der Waals surface area (Å²) in [6.45, 7) is 2.66. The van der Waals surface area contributed by atoms with Gasteiger partial charge in [-0.1, -0.05) is 19.1 Å². The second-order valence-corrected chi connectivity index (χ2v) is 5.80. The third-order valence-electron chi connectivity index (χ3n) is 4.36. The molecule has 6 heteroatoms. The smallest absolute Gasteiger partial charge is 0.339 e. The first-order valence-electron chi connectivity index (χ1n) is 7.36. The maximum Gasteiger partial charge on any atom is 0.339 e. The third kappa shape index (κ3) is 2.15. The molecule has 22 heavy (non-hydrogen) atoms. The van der Waals surface area contributed by atoms with Crippen LogP contribution in [0.4, 0.5) is 10.5 Å². The molecule has 0 N–H and O–H groups in total. The number of anilines is 1. The Labute approximate surface area is 128 Å². The van der Waals surface area contributed by atoms with E-state index in [9.17, 15) is 14.4 Å². The van der Waals surface area contributed by atoms with Crippen molar-refractivity contribution in [3.05, 3.63) is 29.8 Å². The molecule has 1 aromatic rings. The Bertz CT molecular complexity index is 643. The summed E-state index contributed by atoms with van der Waals surface area (Å²) >= 11 is 0. The van der Waals surface area contributed by atoms with E-state index in [2.05, 4.69) is 6.92 Å². The summed E-state index contributed by atoms with van der Waals surface area (Å²) in [5.41, 5.74) is 0.519. The highest BCUT2D eigenvalue weighted by Gasteiger charge is 2.48. The molecule has 0 aliphatic carbocycles. The van der Waals surface area contributed by atoms with E-state index in [0.29, 0.717) is 24.6 Å². The second kappa shape index (κ2) is 5.44. The number of para-hydroxylation sites is 1. The molecule has 3 rings (SSSR count). The summed E-state index contributed by atoms with van der Waals surface area (Å²) in [4.78, 5) is 39.9. The van der Waals surface area contributed by atoms with Crippen molar-refractivity contribution in [2.75, 3.05) is 18.6 Å². The Morgan fingerprint density at radius 3 is 2.73 bits per heavy atom. The van der Waals surface area contributed by atoms with Crippen LogP contribution in [-0.4, -0.2) is 42.5 Å². The van der Waals surface area contributed by atoms with Crippen molar-refractivity contribution in [2.45, 2.75) is 25.8 Å². The molecule has 2 aliphatic rings. The number of piperidine rings is 1. The van der Waals surface area contributed by atoms with Gasteiger partial charge < -0.3 is 9.64 Å². The number of nitrogens with zero attached hydrogens (tertiary/aromatic N) is 2. The van der Waals surface area contributed by atoms with Crippen LogP contribution in [0, 0.1) is 5.92 Å². The highest BCUT2D eigenvalue weighted by Crippen LogP contribution is 2.34. The summed E-state index contributed by atoms with van der Waals surface area (Å²) in [5, 5.41) is 0. The zero-order valence-electron chi connectivity index (χ0n) is 12.6. The molecule has 6 nitrogen and oxygen atoms in total. The minimum Gasteiger partial charge on any atom is -0.465 e. The zero-order chi connectivity index (χ0) is 15.9. The fourth-order valence-electron chi connectivity index (χ4n) is 3.15. The SMILES string of the molecule is COC(=O)c1ccccc1N1C(=O)[C@H]2C[C@@H](C)CCN2C1=O. The molecule has 2 saturated heterocycles. The van der Waals surface area contributed by atoms with E-state index in [1.807, 2.05) is 0 Å². The van der Waals surface area contributed by atoms with Crippen LogP contribution < -0.4 is 4.90 Å². The third-order valence-corrected chi connectivity index (χ3v) is 4.36. The lowest BCUT2D eigenvalue weighted by atomic mass is 9.93. The number of hydrogen-bond donors (Lipinski definition) is 0. The second-order valence-electron chi connectivity index (χ2n) is 5.80. The summed E-state index contributed by atoms with van der Waals surface area (Å²) in [6, 6.07) is 5.77. The van der Waals surface area contributed by atoms with Crippen molar-refractivity contribution < 1.29 is 19.1 Å². The molecule has 116 valence electrons. The molecule has 0 spiro atoms. The van der Waals surface area contributed by atoms with Gasteiger partial charge in [-0.05, 0) is 30.9 Å². The first kappa shape index (κ1) is 14.6. The van der Waals surface area contributed by atoms with E-state index in [-0.39, 0.29) is 17.5 Å². The first-order chi connectivity index (χ1) is 10.5. The summed E-state index contributed by atoms with van der Waals surface area (Å²) in [5.74, 6) is -0.406. The van der Waals surface area contributed by atoms with Crippen molar-refractivity contribution in [2.24, 2.45) is 5.92 Å². The molecule has 0 unspecified atom stereocenters. The van der Waals surface area contributed by atoms with Gasteiger partial charge in [-0.2, -0.15) is 0 Å². The average molecular weight is 302 g/mol. The first-order valence-corrected chi connectivity index (χ1v) is 7.36. The molecular formula is C16H18N2O4. The van der Waals surface area contributed by atoms with Gasteiger partial charge in [0.2, 0.25) is 0 Å². The Morgan fingerprint density at radius 2 is 2.00 bits per heavy atom. The number of methoxy groups -OCH3 is 1. The Hall–Kier alpha value is -2.37. The van der Waals surface area contributed by atoms with Gasteiger partial charge in [-0.3, -0.25) is 4.79 Å². The van der Waals surface area contributed by atoms with Crippen LogP contribution in [0.2, 0.25) is 0 Å². The molecule has 0 saturated carbocycles. The number of amides is 3. The predicted octanol–water partition coefficient (Wildman–Crippen LogP) is 2.04. The monoisotopic (exact) mass is 302 g/mol. The largest absolute Gasteiger partial charge is 0.465 e. The van der Waals surface area contributed by atoms with Crippen LogP contribution in [0.15, 0.2) is 24.3 Å². The van der Waals surface area contributed by atoms with Crippen LogP contribution in [0.5, 0.6) is 0 Å². The number of carbonyl (C=O) groups excluding carboxylic acids is 3.